The summed E-state index contributed by atoms with van der Waals surface area (Å²) in [6, 6.07) is 24.8. The number of benzene rings is 6. The molecule has 6 aromatic rings. The van der Waals surface area contributed by atoms with E-state index in [0.717, 1.165) is 33.4 Å². The van der Waals surface area contributed by atoms with E-state index >= 15 is 28.8 Å². The van der Waals surface area contributed by atoms with Crippen molar-refractivity contribution in [2.75, 3.05) is 0 Å². The molecule has 0 aromatic heterocycles. The molecule has 17 nitrogen and oxygen atoms in total. The Balaban J connectivity index is 1.88. The standard InChI is InChI=1S/C96H137N5O12/c1-85(2,3)67-43-55-37-57-45-68(86(4,5)6)47-59(74(57)109-80(103)97-92(22,23)24)39-61-49-70(88(10,11)12)51-63(76(61)111-82(105)99-94(28,29)30)41-65-53-72(90(16,17)18)54-66(78(65)113-84(107)101-96(34,35)36)42-64-52-71(89(13,14)15)50-62(77(64)112-83(106)100-95(31,32)33)40-60-48-69(87(7,8)9)46-58(75(60)110-81(104)98-93(25,26)27)38-56(44-67)73(55)108-79(102)91(19,20)21/h43-54H,37-42H2,1-36H3,(H,97,103)(H,98,104)(H,99,105)(H,100,106)(H,101,107). The van der Waals surface area contributed by atoms with E-state index in [0.29, 0.717) is 66.8 Å². The minimum absolute atomic E-state index is 0.0277. The first-order valence-corrected chi connectivity index (χ1v) is 40.1. The fourth-order valence-electron chi connectivity index (χ4n) is 13.1. The van der Waals surface area contributed by atoms with Crippen LogP contribution in [0.15, 0.2) is 72.8 Å². The lowest BCUT2D eigenvalue weighted by Crippen LogP contribution is -2.42. The summed E-state index contributed by atoms with van der Waals surface area (Å²) in [5.74, 6) is 0.932. The van der Waals surface area contributed by atoms with Crippen LogP contribution in [0.25, 0.3) is 0 Å². The lowest BCUT2D eigenvalue weighted by Gasteiger charge is -2.29. The second kappa shape index (κ2) is 32.4. The van der Waals surface area contributed by atoms with Crippen molar-refractivity contribution in [3.63, 3.8) is 0 Å². The third kappa shape index (κ3) is 25.8. The third-order valence-electron chi connectivity index (χ3n) is 19.1. The van der Waals surface area contributed by atoms with Gasteiger partial charge in [0.1, 0.15) is 34.5 Å². The number of amides is 5. The second-order valence-electron chi connectivity index (χ2n) is 43.8. The number of ether oxygens (including phenoxy) is 6. The molecular weight excluding hydrogens is 1420 g/mol. The maximum absolute atomic E-state index is 15.1. The van der Waals surface area contributed by atoms with Gasteiger partial charge in [0, 0.05) is 133 Å². The van der Waals surface area contributed by atoms with Gasteiger partial charge in [-0.2, -0.15) is 0 Å². The van der Waals surface area contributed by atoms with Crippen LogP contribution in [0.3, 0.4) is 0 Å². The van der Waals surface area contributed by atoms with Gasteiger partial charge < -0.3 is 55.0 Å². The van der Waals surface area contributed by atoms with Gasteiger partial charge in [0.05, 0.1) is 5.41 Å². The van der Waals surface area contributed by atoms with Gasteiger partial charge in [-0.05, 0) is 190 Å². The lowest BCUT2D eigenvalue weighted by atomic mass is 9.79. The Kier molecular flexibility index (Phi) is 26.2. The fourth-order valence-corrected chi connectivity index (χ4v) is 13.1. The number of nitrogens with one attached hydrogen (secondary N) is 5. The van der Waals surface area contributed by atoms with Crippen LogP contribution in [0, 0.1) is 5.41 Å². The predicted octanol–water partition coefficient (Wildman–Crippen LogP) is 22.7. The average molecular weight is 1550 g/mol. The molecule has 113 heavy (non-hydrogen) atoms. The monoisotopic (exact) mass is 1550 g/mol. The van der Waals surface area contributed by atoms with Gasteiger partial charge in [0.15, 0.2) is 0 Å². The van der Waals surface area contributed by atoms with Gasteiger partial charge in [-0.1, -0.05) is 197 Å². The first kappa shape index (κ1) is 91.3. The minimum Gasteiger partial charge on any atom is -0.426 e. The molecule has 1 aliphatic carbocycles. The van der Waals surface area contributed by atoms with Crippen LogP contribution in [0.4, 0.5) is 24.0 Å². The molecule has 7 rings (SSSR count). The molecule has 1 aliphatic rings. The molecule has 0 saturated heterocycles. The van der Waals surface area contributed by atoms with Crippen LogP contribution in [0.5, 0.6) is 34.5 Å². The number of hydrogen-bond acceptors (Lipinski definition) is 12. The number of rotatable bonds is 6. The normalized spacial score (nSPS) is 13.8. The van der Waals surface area contributed by atoms with Gasteiger partial charge in [0.25, 0.3) is 0 Å². The summed E-state index contributed by atoms with van der Waals surface area (Å²) < 4.78 is 41.4. The summed E-state index contributed by atoms with van der Waals surface area (Å²) in [6.45, 7) is 71.9. The summed E-state index contributed by atoms with van der Waals surface area (Å²) in [5, 5.41) is 15.4. The van der Waals surface area contributed by atoms with Crippen molar-refractivity contribution in [3.8, 4) is 34.5 Å². The predicted molar refractivity (Wildman–Crippen MR) is 457 cm³/mol. The topological polar surface area (TPSA) is 218 Å². The van der Waals surface area contributed by atoms with Gasteiger partial charge in [-0.25, -0.2) is 24.0 Å². The zero-order valence-electron chi connectivity index (χ0n) is 75.6. The molecule has 618 valence electrons. The molecule has 12 bridgehead atoms. The summed E-state index contributed by atoms with van der Waals surface area (Å²) in [5.41, 5.74) is 4.28. The molecule has 5 amide bonds. The first-order valence-electron chi connectivity index (χ1n) is 40.1. The highest BCUT2D eigenvalue weighted by molar-refractivity contribution is 5.80. The summed E-state index contributed by atoms with van der Waals surface area (Å²) in [4.78, 5) is 90.2. The summed E-state index contributed by atoms with van der Waals surface area (Å²) >= 11 is 0. The Hall–Kier alpha value is -8.86. The van der Waals surface area contributed by atoms with E-state index in [9.17, 15) is 0 Å². The van der Waals surface area contributed by atoms with Crippen LogP contribution in [-0.4, -0.2) is 64.1 Å². The van der Waals surface area contributed by atoms with Crippen molar-refractivity contribution in [2.24, 2.45) is 5.41 Å². The smallest absolute Gasteiger partial charge is 0.413 e. The molecule has 5 N–H and O–H groups in total. The maximum atomic E-state index is 15.1. The van der Waals surface area contributed by atoms with E-state index in [1.165, 1.54) is 0 Å². The number of hydrogen-bond donors (Lipinski definition) is 5. The van der Waals surface area contributed by atoms with E-state index in [1.54, 1.807) is 0 Å². The fraction of sp³-hybridized carbons (Fsp3) is 0.562. The molecule has 0 atom stereocenters. The molecule has 0 saturated carbocycles. The molecular formula is C96H137N5O12. The summed E-state index contributed by atoms with van der Waals surface area (Å²) in [7, 11) is 0. The van der Waals surface area contributed by atoms with Crippen LogP contribution in [-0.2, 0) is 75.8 Å². The van der Waals surface area contributed by atoms with E-state index < -0.39 is 102 Å². The highest BCUT2D eigenvalue weighted by Gasteiger charge is 2.36. The Labute approximate surface area is 677 Å². The number of fused-ring (bicyclic) bond motifs is 12. The molecule has 0 fully saturated rings. The van der Waals surface area contributed by atoms with E-state index in [-0.39, 0.29) is 73.0 Å². The molecule has 0 unspecified atom stereocenters. The zero-order valence-corrected chi connectivity index (χ0v) is 75.6. The van der Waals surface area contributed by atoms with Crippen LogP contribution in [0.2, 0.25) is 0 Å². The van der Waals surface area contributed by atoms with E-state index in [1.807, 2.05) is 125 Å². The lowest BCUT2D eigenvalue weighted by molar-refractivity contribution is -0.143. The van der Waals surface area contributed by atoms with Crippen molar-refractivity contribution in [3.05, 3.63) is 173 Å². The maximum Gasteiger partial charge on any atom is 0.413 e. The number of carbonyl (C=O) groups excluding carboxylic acids is 6. The van der Waals surface area contributed by atoms with Crippen molar-refractivity contribution < 1.29 is 57.2 Å². The number of carbonyl (C=O) groups is 6. The SMILES string of the molecule is CC(C)(C)NC(=O)Oc1c2cc(C(C)(C)C)cc1Cc1cc(C(C)(C)C)cc(c1OC(=O)NC(C)(C)C)Cc1cc(C(C)(C)C)cc(c1OC(=O)NC(C)(C)C)Cc1cc(C(C)(C)C)cc(c1OC(=O)C(C)(C)C)Cc1cc(C(C)(C)C)cc(c1OC(=O)NC(C)(C)C)Cc1cc(C(C)(C)C)cc(c1OC(=O)NC(C)(C)C)C2. The van der Waals surface area contributed by atoms with Gasteiger partial charge in [0.2, 0.25) is 0 Å². The van der Waals surface area contributed by atoms with Crippen molar-refractivity contribution >= 4 is 36.4 Å². The van der Waals surface area contributed by atoms with Gasteiger partial charge >= 0.3 is 36.4 Å². The highest BCUT2D eigenvalue weighted by atomic mass is 16.6. The van der Waals surface area contributed by atoms with Crippen molar-refractivity contribution in [1.82, 2.24) is 26.6 Å². The highest BCUT2D eigenvalue weighted by Crippen LogP contribution is 2.47. The Bertz CT molecular complexity index is 4350. The van der Waals surface area contributed by atoms with Crippen LogP contribution >= 0.6 is 0 Å². The van der Waals surface area contributed by atoms with Crippen LogP contribution in [0.1, 0.15) is 349 Å². The Morgan fingerprint density at radius 3 is 0.416 bits per heavy atom. The molecule has 0 aliphatic heterocycles. The Morgan fingerprint density at radius 2 is 0.319 bits per heavy atom. The molecule has 0 radical (unpaired) electrons. The second-order valence-corrected chi connectivity index (χ2v) is 43.8. The molecule has 6 aromatic carbocycles. The molecule has 0 spiro atoms. The average Bonchev–Trinajstić information content (AvgIpc) is 0.766. The molecule has 0 heterocycles. The van der Waals surface area contributed by atoms with Gasteiger partial charge in [-0.3, -0.25) is 4.79 Å². The quantitative estimate of drug-likeness (QED) is 0.0776. The van der Waals surface area contributed by atoms with E-state index in [4.69, 9.17) is 28.4 Å². The van der Waals surface area contributed by atoms with Gasteiger partial charge in [-0.15, -0.1) is 0 Å². The van der Waals surface area contributed by atoms with Crippen molar-refractivity contribution in [2.45, 2.75) is 348 Å². The largest absolute Gasteiger partial charge is 0.426 e. The minimum atomic E-state index is -1.02. The van der Waals surface area contributed by atoms with Crippen LogP contribution < -0.4 is 55.0 Å². The summed E-state index contributed by atoms with van der Waals surface area (Å²) in [6.07, 6.45) is -3.38. The third-order valence-corrected chi connectivity index (χ3v) is 19.1. The van der Waals surface area contributed by atoms with Crippen molar-refractivity contribution in [1.29, 1.82) is 0 Å². The van der Waals surface area contributed by atoms with E-state index in [2.05, 4.69) is 224 Å². The molecule has 17 heteroatoms. The Morgan fingerprint density at radius 1 is 0.204 bits per heavy atom. The first-order chi connectivity index (χ1) is 50.9. The zero-order chi connectivity index (χ0) is 85.8. The number of esters is 1.